The van der Waals surface area contributed by atoms with Crippen LogP contribution in [0.25, 0.3) is 0 Å². The second kappa shape index (κ2) is 10.9. The molecule has 0 aromatic heterocycles. The Morgan fingerprint density at radius 3 is 2.50 bits per heavy atom. The van der Waals surface area contributed by atoms with Gasteiger partial charge < -0.3 is 10.8 Å². The van der Waals surface area contributed by atoms with Crippen molar-refractivity contribution >= 4 is 36.0 Å². The molecule has 0 fully saturated rings. The molecule has 0 bridgehead atoms. The van der Waals surface area contributed by atoms with E-state index >= 15 is 0 Å². The minimum absolute atomic E-state index is 0.190. The van der Waals surface area contributed by atoms with E-state index in [2.05, 4.69) is 47.1 Å². The van der Waals surface area contributed by atoms with Gasteiger partial charge in [0.2, 0.25) is 0 Å². The summed E-state index contributed by atoms with van der Waals surface area (Å²) in [4.78, 5) is 13.6. The number of isothiocyanates is 1. The Labute approximate surface area is 117 Å². The van der Waals surface area contributed by atoms with Crippen LogP contribution in [0.1, 0.15) is 5.56 Å². The van der Waals surface area contributed by atoms with Gasteiger partial charge in [-0.05, 0) is 24.2 Å². The third-order valence-corrected chi connectivity index (χ3v) is 2.46. The van der Waals surface area contributed by atoms with Crippen LogP contribution in [-0.4, -0.2) is 34.6 Å². The Bertz CT molecular complexity index is 392. The van der Waals surface area contributed by atoms with Crippen LogP contribution in [0.3, 0.4) is 0 Å². The predicted octanol–water partition coefficient (Wildman–Crippen LogP) is 1.66. The van der Waals surface area contributed by atoms with Gasteiger partial charge in [0, 0.05) is 5.75 Å². The number of benzene rings is 1. The molecule has 0 aliphatic carbocycles. The zero-order chi connectivity index (χ0) is 13.8. The lowest BCUT2D eigenvalue weighted by molar-refractivity contribution is -0.137. The number of hydrogen-bond acceptors (Lipinski definition) is 5. The maximum atomic E-state index is 9.76. The molecule has 3 N–H and O–H groups in total. The largest absolute Gasteiger partial charge is 0.480 e. The van der Waals surface area contributed by atoms with E-state index in [1.807, 2.05) is 18.2 Å². The van der Waals surface area contributed by atoms with E-state index in [4.69, 9.17) is 10.8 Å². The topological polar surface area (TPSA) is 75.7 Å². The summed E-state index contributed by atoms with van der Waals surface area (Å²) in [7, 11) is 0. The van der Waals surface area contributed by atoms with Crippen molar-refractivity contribution < 1.29 is 9.90 Å². The number of nitrogens with two attached hydrogens (primary N) is 1. The second-order valence-corrected chi connectivity index (χ2v) is 3.88. The first-order chi connectivity index (χ1) is 8.61. The van der Waals surface area contributed by atoms with E-state index in [0.717, 1.165) is 13.0 Å². The lowest BCUT2D eigenvalue weighted by Gasteiger charge is -1.96. The summed E-state index contributed by atoms with van der Waals surface area (Å²) in [5.74, 6) is -0.815. The molecular weight excluding hydrogens is 268 g/mol. The van der Waals surface area contributed by atoms with Gasteiger partial charge in [0.1, 0.15) is 6.04 Å². The molecule has 0 saturated carbocycles. The maximum Gasteiger partial charge on any atom is 0.321 e. The van der Waals surface area contributed by atoms with Crippen molar-refractivity contribution in [3.05, 3.63) is 35.9 Å². The molecule has 0 aliphatic rings. The molecular formula is C12H16N2O2S2. The van der Waals surface area contributed by atoms with Gasteiger partial charge in [0.25, 0.3) is 0 Å². The Hall–Kier alpha value is -1.20. The minimum Gasteiger partial charge on any atom is -0.480 e. The van der Waals surface area contributed by atoms with Crippen LogP contribution in [0.5, 0.6) is 0 Å². The number of thiocarbonyl (C=S) groups is 1. The van der Waals surface area contributed by atoms with Crippen LogP contribution < -0.4 is 5.73 Å². The molecule has 0 saturated heterocycles. The predicted molar refractivity (Wildman–Crippen MR) is 79.5 cm³/mol. The summed E-state index contributed by atoms with van der Waals surface area (Å²) in [6.07, 6.45) is 0.949. The smallest absolute Gasteiger partial charge is 0.321 e. The van der Waals surface area contributed by atoms with E-state index in [1.165, 1.54) is 5.56 Å². The lowest BCUT2D eigenvalue weighted by Crippen LogP contribution is -2.31. The zero-order valence-corrected chi connectivity index (χ0v) is 11.5. The average Bonchev–Trinajstić information content (AvgIpc) is 2.40. The van der Waals surface area contributed by atoms with Gasteiger partial charge >= 0.3 is 5.97 Å². The number of thiol groups is 1. The van der Waals surface area contributed by atoms with Gasteiger partial charge in [-0.2, -0.15) is 12.6 Å². The second-order valence-electron chi connectivity index (χ2n) is 3.34. The van der Waals surface area contributed by atoms with Gasteiger partial charge in [-0.1, -0.05) is 30.3 Å². The standard InChI is InChI=1S/C9H9NS.C3H7NO2S/c11-8-10-7-6-9-4-2-1-3-5-9;4-2(1-7)3(5)6/h1-5H,6-7H2;2,7H,1,4H2,(H,5,6)/t;2-/m.0/s1. The molecule has 1 aromatic rings. The van der Waals surface area contributed by atoms with Crippen LogP contribution in [-0.2, 0) is 11.2 Å². The molecule has 1 rings (SSSR count). The number of nitrogens with zero attached hydrogens (tertiary/aromatic N) is 1. The summed E-state index contributed by atoms with van der Waals surface area (Å²) in [5, 5.41) is 10.4. The Balaban J connectivity index is 0.000000360. The van der Waals surface area contributed by atoms with E-state index < -0.39 is 12.0 Å². The number of aliphatic carboxylic acids is 1. The van der Waals surface area contributed by atoms with Crippen molar-refractivity contribution in [2.24, 2.45) is 10.7 Å². The third-order valence-electron chi connectivity index (χ3n) is 1.93. The normalized spacial score (nSPS) is 10.6. The quantitative estimate of drug-likeness (QED) is 0.437. The fourth-order valence-electron chi connectivity index (χ4n) is 0.953. The number of rotatable bonds is 5. The van der Waals surface area contributed by atoms with Crippen LogP contribution in [0, 0.1) is 0 Å². The number of carboxylic acids is 1. The van der Waals surface area contributed by atoms with Crippen LogP contribution in [0.15, 0.2) is 35.3 Å². The van der Waals surface area contributed by atoms with Crippen molar-refractivity contribution in [2.75, 3.05) is 12.3 Å². The molecule has 18 heavy (non-hydrogen) atoms. The van der Waals surface area contributed by atoms with Crippen molar-refractivity contribution in [1.82, 2.24) is 0 Å². The van der Waals surface area contributed by atoms with Gasteiger partial charge in [-0.3, -0.25) is 4.79 Å². The van der Waals surface area contributed by atoms with Crippen LogP contribution in [0.2, 0.25) is 0 Å². The highest BCUT2D eigenvalue weighted by Gasteiger charge is 2.06. The summed E-state index contributed by atoms with van der Waals surface area (Å²) in [5.41, 5.74) is 6.23. The fraction of sp³-hybridized carbons (Fsp3) is 0.333. The third kappa shape index (κ3) is 8.90. The summed E-state index contributed by atoms with van der Waals surface area (Å²) >= 11 is 8.10. The van der Waals surface area contributed by atoms with E-state index in [9.17, 15) is 4.79 Å². The lowest BCUT2D eigenvalue weighted by atomic mass is 10.2. The Morgan fingerprint density at radius 1 is 1.50 bits per heavy atom. The van der Waals surface area contributed by atoms with Crippen molar-refractivity contribution in [3.8, 4) is 0 Å². The first-order valence-corrected chi connectivity index (χ1v) is 6.32. The number of carbonyl (C=O) groups is 1. The molecule has 0 aliphatic heterocycles. The Morgan fingerprint density at radius 2 is 2.11 bits per heavy atom. The van der Waals surface area contributed by atoms with E-state index in [-0.39, 0.29) is 5.75 Å². The number of carboxylic acid groups (broad SMARTS) is 1. The molecule has 1 atom stereocenters. The summed E-state index contributed by atoms with van der Waals surface area (Å²) < 4.78 is 0. The van der Waals surface area contributed by atoms with Crippen molar-refractivity contribution in [3.63, 3.8) is 0 Å². The van der Waals surface area contributed by atoms with E-state index in [0.29, 0.717) is 0 Å². The molecule has 1 aromatic carbocycles. The van der Waals surface area contributed by atoms with Gasteiger partial charge in [-0.15, -0.1) is 0 Å². The number of aliphatic imine (C=N–C) groups is 1. The summed E-state index contributed by atoms with van der Waals surface area (Å²) in [6, 6.07) is 9.40. The maximum absolute atomic E-state index is 9.76. The van der Waals surface area contributed by atoms with Crippen LogP contribution in [0.4, 0.5) is 0 Å². The van der Waals surface area contributed by atoms with Crippen LogP contribution >= 0.6 is 24.8 Å². The monoisotopic (exact) mass is 284 g/mol. The van der Waals surface area contributed by atoms with Gasteiger partial charge in [-0.25, -0.2) is 4.99 Å². The molecule has 0 amide bonds. The highest BCUT2D eigenvalue weighted by atomic mass is 32.1. The average molecular weight is 284 g/mol. The minimum atomic E-state index is -1.00. The first kappa shape index (κ1) is 16.8. The SMILES string of the molecule is N[C@@H](CS)C(=O)O.S=C=NCCc1ccccc1. The summed E-state index contributed by atoms with van der Waals surface area (Å²) in [6.45, 7) is 0.744. The van der Waals surface area contributed by atoms with Gasteiger partial charge in [0.15, 0.2) is 0 Å². The highest BCUT2D eigenvalue weighted by Crippen LogP contribution is 1.98. The van der Waals surface area contributed by atoms with Gasteiger partial charge in [0.05, 0.1) is 11.7 Å². The number of hydrogen-bond donors (Lipinski definition) is 3. The molecule has 6 heteroatoms. The Kier molecular flexibility index (Phi) is 10.2. The van der Waals surface area contributed by atoms with Crippen molar-refractivity contribution in [2.45, 2.75) is 12.5 Å². The molecule has 98 valence electrons. The highest BCUT2D eigenvalue weighted by molar-refractivity contribution is 7.80. The molecule has 0 radical (unpaired) electrons. The molecule has 0 heterocycles. The molecule has 0 spiro atoms. The molecule has 0 unspecified atom stereocenters. The fourth-order valence-corrected chi connectivity index (χ4v) is 1.20. The first-order valence-electron chi connectivity index (χ1n) is 5.28. The molecule has 4 nitrogen and oxygen atoms in total. The van der Waals surface area contributed by atoms with E-state index in [1.54, 1.807) is 0 Å². The van der Waals surface area contributed by atoms with Crippen molar-refractivity contribution in [1.29, 1.82) is 0 Å². The zero-order valence-electron chi connectivity index (χ0n) is 9.82.